The number of hydrogen-bond donors (Lipinski definition) is 1. The third-order valence-electron chi connectivity index (χ3n) is 6.20. The van der Waals surface area contributed by atoms with Crippen molar-refractivity contribution in [3.8, 4) is 0 Å². The molecule has 0 radical (unpaired) electrons. The van der Waals surface area contributed by atoms with E-state index in [1.54, 1.807) is 17.9 Å². The number of amides is 2. The van der Waals surface area contributed by atoms with Crippen molar-refractivity contribution in [3.05, 3.63) is 58.9 Å². The number of carbonyl (C=O) groups is 3. The molecule has 0 spiro atoms. The van der Waals surface area contributed by atoms with Crippen molar-refractivity contribution in [2.24, 2.45) is 0 Å². The Hall–Kier alpha value is -3.55. The molecule has 1 aliphatic rings. The van der Waals surface area contributed by atoms with Gasteiger partial charge in [0.25, 0.3) is 0 Å². The summed E-state index contributed by atoms with van der Waals surface area (Å²) in [5.74, 6) is -0.890. The highest BCUT2D eigenvalue weighted by molar-refractivity contribution is 5.99. The van der Waals surface area contributed by atoms with Crippen LogP contribution < -0.4 is 10.2 Å². The maximum atomic E-state index is 12.6. The highest BCUT2D eigenvalue weighted by Gasteiger charge is 2.23. The number of hydrogen-bond acceptors (Lipinski definition) is 5. The number of nitrogens with zero attached hydrogens (tertiary/aromatic N) is 3. The summed E-state index contributed by atoms with van der Waals surface area (Å²) in [4.78, 5) is 41.5. The minimum Gasteiger partial charge on any atom is -0.462 e. The van der Waals surface area contributed by atoms with E-state index >= 15 is 0 Å². The van der Waals surface area contributed by atoms with Gasteiger partial charge in [-0.3, -0.25) is 9.59 Å². The Balaban J connectivity index is 1.57. The molecule has 2 amide bonds. The zero-order chi connectivity index (χ0) is 24.7. The summed E-state index contributed by atoms with van der Waals surface area (Å²) in [6.07, 6.45) is 2.99. The molecule has 8 heteroatoms. The van der Waals surface area contributed by atoms with Crippen molar-refractivity contribution in [2.45, 2.75) is 34.2 Å². The summed E-state index contributed by atoms with van der Waals surface area (Å²) < 4.78 is 7.23. The molecule has 1 aliphatic heterocycles. The standard InChI is InChI=1S/C26H34N4O4/c1-5-30-19(3)22(25(20(30)4)26(33)34-6-2)12-13-23(31)27-18-24(32)29-16-14-28(15-17-29)21-10-8-7-9-11-21/h7-13H,5-6,14-18H2,1-4H3,(H,27,31)/b13-12+. The van der Waals surface area contributed by atoms with Crippen molar-refractivity contribution < 1.29 is 19.1 Å². The number of esters is 1. The van der Waals surface area contributed by atoms with Crippen LogP contribution >= 0.6 is 0 Å². The number of ether oxygens (including phenoxy) is 1. The molecule has 1 saturated heterocycles. The van der Waals surface area contributed by atoms with Gasteiger partial charge in [-0.2, -0.15) is 0 Å². The van der Waals surface area contributed by atoms with Crippen LogP contribution in [0, 0.1) is 13.8 Å². The number of rotatable bonds is 8. The van der Waals surface area contributed by atoms with Crippen molar-refractivity contribution in [3.63, 3.8) is 0 Å². The second kappa shape index (κ2) is 11.5. The van der Waals surface area contributed by atoms with Crippen LogP contribution in [0.1, 0.15) is 41.2 Å². The number of para-hydroxylation sites is 1. The quantitative estimate of drug-likeness (QED) is 0.478. The van der Waals surface area contributed by atoms with E-state index in [1.165, 1.54) is 6.08 Å². The van der Waals surface area contributed by atoms with Crippen molar-refractivity contribution in [1.82, 2.24) is 14.8 Å². The van der Waals surface area contributed by atoms with Crippen LogP contribution in [0.5, 0.6) is 0 Å². The lowest BCUT2D eigenvalue weighted by molar-refractivity contribution is -0.132. The maximum Gasteiger partial charge on any atom is 0.340 e. The van der Waals surface area contributed by atoms with Crippen molar-refractivity contribution in [1.29, 1.82) is 0 Å². The first-order valence-corrected chi connectivity index (χ1v) is 11.8. The molecule has 0 atom stereocenters. The maximum absolute atomic E-state index is 12.6. The largest absolute Gasteiger partial charge is 0.462 e. The average Bonchev–Trinajstić information content (AvgIpc) is 3.10. The Labute approximate surface area is 201 Å². The van der Waals surface area contributed by atoms with Crippen LogP contribution in [0.2, 0.25) is 0 Å². The number of anilines is 1. The highest BCUT2D eigenvalue weighted by Crippen LogP contribution is 2.25. The van der Waals surface area contributed by atoms with Gasteiger partial charge in [0.2, 0.25) is 11.8 Å². The smallest absolute Gasteiger partial charge is 0.340 e. The Bertz CT molecular complexity index is 1050. The van der Waals surface area contributed by atoms with Gasteiger partial charge in [-0.1, -0.05) is 18.2 Å². The van der Waals surface area contributed by atoms with Crippen LogP contribution in [0.3, 0.4) is 0 Å². The third-order valence-corrected chi connectivity index (χ3v) is 6.20. The fraction of sp³-hybridized carbons (Fsp3) is 0.423. The Kier molecular flexibility index (Phi) is 8.51. The predicted molar refractivity (Wildman–Crippen MR) is 133 cm³/mol. The van der Waals surface area contributed by atoms with Gasteiger partial charge in [0.05, 0.1) is 18.7 Å². The normalized spacial score (nSPS) is 13.9. The molecule has 3 rings (SSSR count). The summed E-state index contributed by atoms with van der Waals surface area (Å²) in [7, 11) is 0. The van der Waals surface area contributed by atoms with E-state index in [9.17, 15) is 14.4 Å². The van der Waals surface area contributed by atoms with E-state index in [2.05, 4.69) is 22.3 Å². The molecular weight excluding hydrogens is 432 g/mol. The summed E-state index contributed by atoms with van der Waals surface area (Å²) in [6.45, 7) is 11.2. The van der Waals surface area contributed by atoms with E-state index < -0.39 is 5.97 Å². The Morgan fingerprint density at radius 2 is 1.68 bits per heavy atom. The molecule has 1 aromatic carbocycles. The summed E-state index contributed by atoms with van der Waals surface area (Å²) in [5, 5.41) is 2.67. The topological polar surface area (TPSA) is 83.9 Å². The lowest BCUT2D eigenvalue weighted by atomic mass is 10.1. The van der Waals surface area contributed by atoms with Gasteiger partial charge in [0, 0.05) is 61.4 Å². The zero-order valence-electron chi connectivity index (χ0n) is 20.5. The first-order chi connectivity index (χ1) is 16.4. The SMILES string of the molecule is CCOC(=O)c1c(/C=C/C(=O)NCC(=O)N2CCN(c3ccccc3)CC2)c(C)n(CC)c1C. The van der Waals surface area contributed by atoms with E-state index in [0.717, 1.165) is 30.2 Å². The molecule has 0 saturated carbocycles. The molecule has 1 N–H and O–H groups in total. The molecule has 2 aromatic rings. The molecule has 1 aromatic heterocycles. The molecule has 182 valence electrons. The van der Waals surface area contributed by atoms with Crippen LogP contribution in [-0.2, 0) is 20.9 Å². The molecule has 0 unspecified atom stereocenters. The number of aromatic nitrogens is 1. The van der Waals surface area contributed by atoms with Gasteiger partial charge >= 0.3 is 5.97 Å². The highest BCUT2D eigenvalue weighted by atomic mass is 16.5. The number of carbonyl (C=O) groups excluding carboxylic acids is 3. The van der Waals surface area contributed by atoms with Gasteiger partial charge in [-0.15, -0.1) is 0 Å². The summed E-state index contributed by atoms with van der Waals surface area (Å²) in [6, 6.07) is 10.1. The second-order valence-corrected chi connectivity index (χ2v) is 8.18. The van der Waals surface area contributed by atoms with Crippen LogP contribution in [0.25, 0.3) is 6.08 Å². The van der Waals surface area contributed by atoms with E-state index in [0.29, 0.717) is 30.8 Å². The molecular formula is C26H34N4O4. The molecule has 8 nitrogen and oxygen atoms in total. The minimum absolute atomic E-state index is 0.0623. The molecule has 2 heterocycles. The fourth-order valence-corrected chi connectivity index (χ4v) is 4.39. The fourth-order valence-electron chi connectivity index (χ4n) is 4.39. The lowest BCUT2D eigenvalue weighted by Gasteiger charge is -2.36. The first-order valence-electron chi connectivity index (χ1n) is 11.8. The molecule has 0 bridgehead atoms. The third kappa shape index (κ3) is 5.68. The van der Waals surface area contributed by atoms with Crippen LogP contribution in [0.15, 0.2) is 36.4 Å². The van der Waals surface area contributed by atoms with E-state index in [-0.39, 0.29) is 25.0 Å². The van der Waals surface area contributed by atoms with Gasteiger partial charge in [-0.25, -0.2) is 4.79 Å². The van der Waals surface area contributed by atoms with Gasteiger partial charge < -0.3 is 24.4 Å². The summed E-state index contributed by atoms with van der Waals surface area (Å²) in [5.41, 5.74) is 3.98. The van der Waals surface area contributed by atoms with Gasteiger partial charge in [0.15, 0.2) is 0 Å². The van der Waals surface area contributed by atoms with Crippen molar-refractivity contribution in [2.75, 3.05) is 44.2 Å². The zero-order valence-corrected chi connectivity index (χ0v) is 20.5. The predicted octanol–water partition coefficient (Wildman–Crippen LogP) is 2.78. The number of piperazine rings is 1. The van der Waals surface area contributed by atoms with E-state index in [4.69, 9.17) is 4.74 Å². The minimum atomic E-state index is -0.403. The van der Waals surface area contributed by atoms with Crippen LogP contribution in [0.4, 0.5) is 5.69 Å². The molecule has 34 heavy (non-hydrogen) atoms. The number of benzene rings is 1. The average molecular weight is 467 g/mol. The number of nitrogens with one attached hydrogen (secondary N) is 1. The Morgan fingerprint density at radius 1 is 1.00 bits per heavy atom. The Morgan fingerprint density at radius 3 is 2.29 bits per heavy atom. The second-order valence-electron chi connectivity index (χ2n) is 8.18. The first kappa shape index (κ1) is 25.1. The lowest BCUT2D eigenvalue weighted by Crippen LogP contribution is -2.51. The van der Waals surface area contributed by atoms with E-state index in [1.807, 2.05) is 43.5 Å². The van der Waals surface area contributed by atoms with Gasteiger partial charge in [-0.05, 0) is 45.9 Å². The molecule has 1 fully saturated rings. The van der Waals surface area contributed by atoms with Gasteiger partial charge in [0.1, 0.15) is 0 Å². The van der Waals surface area contributed by atoms with Crippen LogP contribution in [-0.4, -0.2) is 66.6 Å². The molecule has 0 aliphatic carbocycles. The van der Waals surface area contributed by atoms with Crippen molar-refractivity contribution >= 4 is 29.5 Å². The summed E-state index contributed by atoms with van der Waals surface area (Å²) >= 11 is 0. The monoisotopic (exact) mass is 466 g/mol.